The average molecular weight is 344 g/mol. The van der Waals surface area contributed by atoms with Gasteiger partial charge in [0.05, 0.1) is 12.1 Å². The minimum atomic E-state index is -0.0298. The maximum absolute atomic E-state index is 12.0. The third-order valence-corrected chi connectivity index (χ3v) is 4.40. The first-order valence-corrected chi connectivity index (χ1v) is 8.54. The summed E-state index contributed by atoms with van der Waals surface area (Å²) in [6.07, 6.45) is 2.24. The number of carbonyl (C=O) groups is 1. The van der Waals surface area contributed by atoms with Gasteiger partial charge < -0.3 is 20.5 Å². The molecule has 3 N–H and O–H groups in total. The van der Waals surface area contributed by atoms with Gasteiger partial charge in [0.1, 0.15) is 11.6 Å². The predicted molar refractivity (Wildman–Crippen MR) is 94.1 cm³/mol. The molecule has 0 spiro atoms. The fourth-order valence-corrected chi connectivity index (χ4v) is 3.08. The number of amides is 1. The number of nitrogen functional groups attached to an aromatic ring is 1. The fourth-order valence-electron chi connectivity index (χ4n) is 3.08. The van der Waals surface area contributed by atoms with Gasteiger partial charge in [0.25, 0.3) is 0 Å². The number of piperidine rings is 1. The summed E-state index contributed by atoms with van der Waals surface area (Å²) in [6.45, 7) is 6.24. The van der Waals surface area contributed by atoms with Gasteiger partial charge in [-0.05, 0) is 32.6 Å². The molecule has 25 heavy (non-hydrogen) atoms. The molecule has 0 aromatic carbocycles. The Labute approximate surface area is 146 Å². The van der Waals surface area contributed by atoms with Crippen molar-refractivity contribution in [1.82, 2.24) is 20.4 Å². The van der Waals surface area contributed by atoms with Crippen LogP contribution in [0.4, 0.5) is 11.8 Å². The van der Waals surface area contributed by atoms with E-state index in [2.05, 4.69) is 25.3 Å². The molecule has 0 unspecified atom stereocenters. The number of aromatic nitrogens is 3. The van der Waals surface area contributed by atoms with Crippen molar-refractivity contribution in [3.63, 3.8) is 0 Å². The molecular weight excluding hydrogens is 320 g/mol. The van der Waals surface area contributed by atoms with Crippen LogP contribution < -0.4 is 16.0 Å². The minimum absolute atomic E-state index is 0.0298. The Morgan fingerprint density at radius 1 is 1.28 bits per heavy atom. The zero-order valence-corrected chi connectivity index (χ0v) is 14.7. The minimum Gasteiger partial charge on any atom is -0.368 e. The summed E-state index contributed by atoms with van der Waals surface area (Å²) < 4.78 is 5.07. The molecule has 3 heterocycles. The van der Waals surface area contributed by atoms with Gasteiger partial charge >= 0.3 is 0 Å². The molecule has 0 atom stereocenters. The summed E-state index contributed by atoms with van der Waals surface area (Å²) in [5.41, 5.74) is 7.39. The molecule has 1 aliphatic heterocycles. The quantitative estimate of drug-likeness (QED) is 0.839. The van der Waals surface area contributed by atoms with Crippen molar-refractivity contribution in [2.75, 3.05) is 30.3 Å². The average Bonchev–Trinajstić information content (AvgIpc) is 2.97. The molecule has 8 nitrogen and oxygen atoms in total. The Bertz CT molecular complexity index is 716. The molecular formula is C17H24N6O2. The molecule has 0 bridgehead atoms. The number of anilines is 2. The molecule has 1 saturated heterocycles. The van der Waals surface area contributed by atoms with Crippen molar-refractivity contribution < 1.29 is 9.32 Å². The monoisotopic (exact) mass is 344 g/mol. The van der Waals surface area contributed by atoms with E-state index in [-0.39, 0.29) is 12.3 Å². The number of rotatable bonds is 5. The summed E-state index contributed by atoms with van der Waals surface area (Å²) in [6, 6.07) is 3.74. The summed E-state index contributed by atoms with van der Waals surface area (Å²) in [7, 11) is 0. The van der Waals surface area contributed by atoms with Gasteiger partial charge in [-0.15, -0.1) is 0 Å². The van der Waals surface area contributed by atoms with E-state index in [0.29, 0.717) is 24.2 Å². The number of nitrogens with zero attached hydrogens (tertiary/aromatic N) is 4. The highest BCUT2D eigenvalue weighted by Gasteiger charge is 2.21. The van der Waals surface area contributed by atoms with Crippen LogP contribution in [0.25, 0.3) is 0 Å². The topological polar surface area (TPSA) is 110 Å². The maximum atomic E-state index is 12.0. The van der Waals surface area contributed by atoms with E-state index in [1.165, 1.54) is 0 Å². The molecule has 0 aliphatic carbocycles. The molecule has 0 radical (unpaired) electrons. The number of nitrogens with one attached hydrogen (secondary N) is 1. The van der Waals surface area contributed by atoms with Crippen LogP contribution >= 0.6 is 0 Å². The number of hydrogen-bond acceptors (Lipinski definition) is 7. The van der Waals surface area contributed by atoms with Gasteiger partial charge in [0.2, 0.25) is 11.9 Å². The molecule has 2 aromatic rings. The summed E-state index contributed by atoms with van der Waals surface area (Å²) in [4.78, 5) is 22.6. The van der Waals surface area contributed by atoms with Crippen LogP contribution in [-0.4, -0.2) is 40.7 Å². The van der Waals surface area contributed by atoms with E-state index in [1.807, 2.05) is 19.9 Å². The molecule has 1 fully saturated rings. The van der Waals surface area contributed by atoms with E-state index < -0.39 is 0 Å². The van der Waals surface area contributed by atoms with Crippen molar-refractivity contribution >= 4 is 17.7 Å². The highest BCUT2D eigenvalue weighted by atomic mass is 16.5. The third-order valence-electron chi connectivity index (χ3n) is 4.40. The number of nitrogens with two attached hydrogens (primary N) is 1. The van der Waals surface area contributed by atoms with Crippen molar-refractivity contribution in [2.45, 2.75) is 33.1 Å². The maximum Gasteiger partial charge on any atom is 0.227 e. The lowest BCUT2D eigenvalue weighted by molar-refractivity contribution is -0.120. The van der Waals surface area contributed by atoms with Crippen LogP contribution in [0.15, 0.2) is 16.7 Å². The molecule has 3 rings (SSSR count). The molecule has 1 aliphatic rings. The van der Waals surface area contributed by atoms with E-state index in [9.17, 15) is 4.79 Å². The van der Waals surface area contributed by atoms with Crippen LogP contribution in [0.3, 0.4) is 0 Å². The number of carbonyl (C=O) groups excluding carboxylic acids is 1. The number of aryl methyl sites for hydroxylation is 2. The summed E-state index contributed by atoms with van der Waals surface area (Å²) in [5, 5.41) is 6.78. The highest BCUT2D eigenvalue weighted by Crippen LogP contribution is 2.22. The van der Waals surface area contributed by atoms with Gasteiger partial charge in [-0.25, -0.2) is 4.98 Å². The summed E-state index contributed by atoms with van der Waals surface area (Å²) >= 11 is 0. The van der Waals surface area contributed by atoms with Gasteiger partial charge in [0, 0.05) is 37.5 Å². The van der Waals surface area contributed by atoms with E-state index in [1.54, 1.807) is 6.07 Å². The van der Waals surface area contributed by atoms with Gasteiger partial charge in [-0.2, -0.15) is 4.98 Å². The van der Waals surface area contributed by atoms with Crippen molar-refractivity contribution in [1.29, 1.82) is 0 Å². The lowest BCUT2D eigenvalue weighted by Crippen LogP contribution is -2.39. The smallest absolute Gasteiger partial charge is 0.227 e. The molecule has 8 heteroatoms. The van der Waals surface area contributed by atoms with Crippen molar-refractivity contribution in [3.8, 4) is 0 Å². The molecule has 2 aromatic heterocycles. The third kappa shape index (κ3) is 4.68. The second-order valence-electron chi connectivity index (χ2n) is 6.57. The first kappa shape index (κ1) is 17.2. The second-order valence-corrected chi connectivity index (χ2v) is 6.57. The lowest BCUT2D eigenvalue weighted by atomic mass is 9.96. The zero-order chi connectivity index (χ0) is 17.8. The molecule has 1 amide bonds. The Kier molecular flexibility index (Phi) is 5.16. The van der Waals surface area contributed by atoms with Gasteiger partial charge in [-0.3, -0.25) is 4.79 Å². The Hall–Kier alpha value is -2.64. The Morgan fingerprint density at radius 2 is 2.04 bits per heavy atom. The second kappa shape index (κ2) is 7.50. The van der Waals surface area contributed by atoms with Gasteiger partial charge in [0.15, 0.2) is 0 Å². The first-order chi connectivity index (χ1) is 12.0. The van der Waals surface area contributed by atoms with E-state index >= 15 is 0 Å². The van der Waals surface area contributed by atoms with Crippen molar-refractivity contribution in [2.24, 2.45) is 5.92 Å². The normalized spacial score (nSPS) is 15.4. The van der Waals surface area contributed by atoms with Crippen LogP contribution in [-0.2, 0) is 11.2 Å². The summed E-state index contributed by atoms with van der Waals surface area (Å²) in [5.74, 6) is 2.23. The SMILES string of the molecule is Cc1cc(CC(=O)NCC2CCN(c3cc(C)nc(N)n3)CC2)on1. The number of hydrogen-bond donors (Lipinski definition) is 2. The van der Waals surface area contributed by atoms with Crippen LogP contribution in [0.1, 0.15) is 30.0 Å². The van der Waals surface area contributed by atoms with Gasteiger partial charge in [-0.1, -0.05) is 5.16 Å². The van der Waals surface area contributed by atoms with Crippen molar-refractivity contribution in [3.05, 3.63) is 29.3 Å². The van der Waals surface area contributed by atoms with Crippen LogP contribution in [0, 0.1) is 19.8 Å². The zero-order valence-electron chi connectivity index (χ0n) is 14.7. The molecule has 134 valence electrons. The Balaban J connectivity index is 1.44. The van der Waals surface area contributed by atoms with Crippen LogP contribution in [0.5, 0.6) is 0 Å². The highest BCUT2D eigenvalue weighted by molar-refractivity contribution is 5.77. The van der Waals surface area contributed by atoms with E-state index in [0.717, 1.165) is 43.1 Å². The lowest BCUT2D eigenvalue weighted by Gasteiger charge is -2.33. The largest absolute Gasteiger partial charge is 0.368 e. The standard InChI is InChI=1S/C17H24N6O2/c1-11-8-15(21-17(18)20-11)23-5-3-13(4-6-23)10-19-16(24)9-14-7-12(2)22-25-14/h7-8,13H,3-6,9-10H2,1-2H3,(H,19,24)(H2,18,20,21). The fraction of sp³-hybridized carbons (Fsp3) is 0.529. The Morgan fingerprint density at radius 3 is 2.68 bits per heavy atom. The molecule has 0 saturated carbocycles. The predicted octanol–water partition coefficient (Wildman–Crippen LogP) is 1.24. The van der Waals surface area contributed by atoms with E-state index in [4.69, 9.17) is 10.3 Å². The van der Waals surface area contributed by atoms with Crippen LogP contribution in [0.2, 0.25) is 0 Å². The first-order valence-electron chi connectivity index (χ1n) is 8.54.